The van der Waals surface area contributed by atoms with Crippen molar-refractivity contribution in [1.29, 1.82) is 0 Å². The second-order valence-corrected chi connectivity index (χ2v) is 6.44. The van der Waals surface area contributed by atoms with E-state index < -0.39 is 5.56 Å². The smallest absolute Gasteiger partial charge is 0.279 e. The minimum absolute atomic E-state index is 0.0987. The Balaban J connectivity index is 1.80. The van der Waals surface area contributed by atoms with E-state index >= 15 is 0 Å². The van der Waals surface area contributed by atoms with Gasteiger partial charge in [-0.1, -0.05) is 12.1 Å². The van der Waals surface area contributed by atoms with Crippen LogP contribution in [0.15, 0.2) is 29.1 Å². The average molecular weight is 356 g/mol. The molecule has 1 N–H and O–H groups in total. The van der Waals surface area contributed by atoms with Gasteiger partial charge in [0, 0.05) is 26.7 Å². The van der Waals surface area contributed by atoms with Crippen LogP contribution in [0.5, 0.6) is 5.75 Å². The number of nitrogens with zero attached hydrogens (tertiary/aromatic N) is 4. The summed E-state index contributed by atoms with van der Waals surface area (Å²) in [4.78, 5) is 26.9. The van der Waals surface area contributed by atoms with Gasteiger partial charge in [-0.2, -0.15) is 5.10 Å². The molecule has 0 fully saturated rings. The second kappa shape index (κ2) is 5.69. The Morgan fingerprint density at radius 2 is 1.88 bits per heavy atom. The maximum atomic E-state index is 13.1. The van der Waals surface area contributed by atoms with Gasteiger partial charge in [0.1, 0.15) is 11.2 Å². The zero-order valence-corrected chi connectivity index (χ0v) is 14.4. The predicted octanol–water partition coefficient (Wildman–Crippen LogP) is 1.54. The number of carbonyl (C=O) groups is 1. The topological polar surface area (TPSA) is 80.4 Å². The average Bonchev–Trinajstić information content (AvgIpc) is 2.91. The standard InChI is InChI=1S/C18H17FN4O3/c1-10-14-13(17(25)21(2)20-10)16(24)15-18(26)22(7-8-23(14)15)9-11-3-5-12(19)6-4-11/h3-6,24H,7-9H2,1-2H3. The van der Waals surface area contributed by atoms with Crippen LogP contribution in [0.3, 0.4) is 0 Å². The van der Waals surface area contributed by atoms with Crippen molar-refractivity contribution in [3.8, 4) is 5.75 Å². The molecule has 1 aliphatic heterocycles. The first kappa shape index (κ1) is 16.3. The highest BCUT2D eigenvalue weighted by Crippen LogP contribution is 2.34. The summed E-state index contributed by atoms with van der Waals surface area (Å²) in [5.41, 5.74) is 1.51. The van der Waals surface area contributed by atoms with E-state index in [1.807, 2.05) is 0 Å². The van der Waals surface area contributed by atoms with Crippen molar-refractivity contribution in [3.05, 3.63) is 57.4 Å². The molecule has 0 unspecified atom stereocenters. The maximum absolute atomic E-state index is 13.1. The molecule has 134 valence electrons. The van der Waals surface area contributed by atoms with E-state index in [0.717, 1.165) is 10.2 Å². The van der Waals surface area contributed by atoms with E-state index in [0.29, 0.717) is 30.8 Å². The lowest BCUT2D eigenvalue weighted by molar-refractivity contribution is 0.0689. The van der Waals surface area contributed by atoms with Gasteiger partial charge in [0.05, 0.1) is 11.2 Å². The fourth-order valence-electron chi connectivity index (χ4n) is 3.54. The zero-order chi connectivity index (χ0) is 18.6. The lowest BCUT2D eigenvalue weighted by Gasteiger charge is -2.29. The van der Waals surface area contributed by atoms with Gasteiger partial charge in [0.15, 0.2) is 11.4 Å². The molecule has 1 aromatic carbocycles. The molecule has 0 saturated carbocycles. The Morgan fingerprint density at radius 1 is 1.19 bits per heavy atom. The molecule has 1 amide bonds. The highest BCUT2D eigenvalue weighted by molar-refractivity contribution is 6.04. The lowest BCUT2D eigenvalue weighted by Crippen LogP contribution is -2.39. The summed E-state index contributed by atoms with van der Waals surface area (Å²) in [6, 6.07) is 5.93. The molecular formula is C18H17FN4O3. The number of hydrogen-bond donors (Lipinski definition) is 1. The van der Waals surface area contributed by atoms with Crippen LogP contribution in [0, 0.1) is 12.7 Å². The summed E-state index contributed by atoms with van der Waals surface area (Å²) >= 11 is 0. The molecule has 0 saturated heterocycles. The predicted molar refractivity (Wildman–Crippen MR) is 92.5 cm³/mol. The molecule has 8 heteroatoms. The summed E-state index contributed by atoms with van der Waals surface area (Å²) in [6.07, 6.45) is 0. The fourth-order valence-corrected chi connectivity index (χ4v) is 3.54. The summed E-state index contributed by atoms with van der Waals surface area (Å²) in [5.74, 6) is -1.01. The Bertz CT molecular complexity index is 1100. The van der Waals surface area contributed by atoms with Crippen LogP contribution in [-0.4, -0.2) is 36.8 Å². The largest absolute Gasteiger partial charge is 0.505 e. The van der Waals surface area contributed by atoms with E-state index in [4.69, 9.17) is 0 Å². The van der Waals surface area contributed by atoms with Gasteiger partial charge in [0.25, 0.3) is 11.5 Å². The van der Waals surface area contributed by atoms with Gasteiger partial charge in [-0.3, -0.25) is 9.59 Å². The highest BCUT2D eigenvalue weighted by atomic mass is 19.1. The number of benzene rings is 1. The first-order chi connectivity index (χ1) is 12.4. The van der Waals surface area contributed by atoms with E-state index in [1.165, 1.54) is 19.2 Å². The minimum Gasteiger partial charge on any atom is -0.505 e. The Hall–Kier alpha value is -3.16. The molecule has 7 nitrogen and oxygen atoms in total. The van der Waals surface area contributed by atoms with Crippen LogP contribution in [0.4, 0.5) is 4.39 Å². The zero-order valence-electron chi connectivity index (χ0n) is 14.4. The van der Waals surface area contributed by atoms with Crippen molar-refractivity contribution < 1.29 is 14.3 Å². The van der Waals surface area contributed by atoms with Gasteiger partial charge in [-0.15, -0.1) is 0 Å². The van der Waals surface area contributed by atoms with Crippen molar-refractivity contribution in [2.45, 2.75) is 20.0 Å². The van der Waals surface area contributed by atoms with Gasteiger partial charge in [0.2, 0.25) is 0 Å². The molecule has 3 aromatic rings. The molecule has 0 radical (unpaired) electrons. The number of halogens is 1. The minimum atomic E-state index is -0.442. The van der Waals surface area contributed by atoms with Crippen molar-refractivity contribution >= 4 is 16.8 Å². The molecule has 0 atom stereocenters. The fraction of sp³-hybridized carbons (Fsp3) is 0.278. The van der Waals surface area contributed by atoms with Crippen molar-refractivity contribution in [3.63, 3.8) is 0 Å². The summed E-state index contributed by atoms with van der Waals surface area (Å²) in [6.45, 7) is 2.90. The first-order valence-corrected chi connectivity index (χ1v) is 8.21. The molecule has 0 bridgehead atoms. The number of carbonyl (C=O) groups excluding carboxylic acids is 1. The first-order valence-electron chi connectivity index (χ1n) is 8.21. The van der Waals surface area contributed by atoms with Crippen molar-refractivity contribution in [2.24, 2.45) is 7.05 Å². The van der Waals surface area contributed by atoms with E-state index in [9.17, 15) is 19.1 Å². The van der Waals surface area contributed by atoms with Gasteiger partial charge < -0.3 is 14.6 Å². The second-order valence-electron chi connectivity index (χ2n) is 6.44. The third-order valence-electron chi connectivity index (χ3n) is 4.76. The number of aryl methyl sites for hydroxylation is 2. The SMILES string of the molecule is Cc1nn(C)c(=O)c2c(O)c3n(c12)CCN(Cc1ccc(F)cc1)C3=O. The molecule has 1 aliphatic rings. The monoisotopic (exact) mass is 356 g/mol. The maximum Gasteiger partial charge on any atom is 0.279 e. The quantitative estimate of drug-likeness (QED) is 0.755. The number of aromatic nitrogens is 3. The van der Waals surface area contributed by atoms with Gasteiger partial charge in [-0.05, 0) is 24.6 Å². The molecule has 26 heavy (non-hydrogen) atoms. The molecule has 2 aromatic heterocycles. The van der Waals surface area contributed by atoms with Crippen LogP contribution in [0.1, 0.15) is 21.7 Å². The van der Waals surface area contributed by atoms with Crippen LogP contribution < -0.4 is 5.56 Å². The normalized spacial score (nSPS) is 14.1. The van der Waals surface area contributed by atoms with E-state index in [1.54, 1.807) is 28.5 Å². The Morgan fingerprint density at radius 3 is 2.58 bits per heavy atom. The lowest BCUT2D eigenvalue weighted by atomic mass is 10.2. The molecule has 0 spiro atoms. The third kappa shape index (κ3) is 2.29. The highest BCUT2D eigenvalue weighted by Gasteiger charge is 2.33. The van der Waals surface area contributed by atoms with Crippen molar-refractivity contribution in [2.75, 3.05) is 6.54 Å². The number of aromatic hydroxyl groups is 1. The summed E-state index contributed by atoms with van der Waals surface area (Å²) in [5, 5.41) is 14.9. The van der Waals surface area contributed by atoms with E-state index in [2.05, 4.69) is 5.10 Å². The van der Waals surface area contributed by atoms with Crippen LogP contribution >= 0.6 is 0 Å². The summed E-state index contributed by atoms with van der Waals surface area (Å²) in [7, 11) is 1.51. The van der Waals surface area contributed by atoms with Crippen molar-refractivity contribution in [1.82, 2.24) is 19.2 Å². The summed E-state index contributed by atoms with van der Waals surface area (Å²) < 4.78 is 15.9. The molecular weight excluding hydrogens is 339 g/mol. The number of hydrogen-bond acceptors (Lipinski definition) is 4. The number of fused-ring (bicyclic) bond motifs is 3. The van der Waals surface area contributed by atoms with Gasteiger partial charge >= 0.3 is 0 Å². The molecule has 0 aliphatic carbocycles. The number of amides is 1. The third-order valence-corrected chi connectivity index (χ3v) is 4.76. The molecule has 4 rings (SSSR count). The Kier molecular flexibility index (Phi) is 3.57. The van der Waals surface area contributed by atoms with E-state index in [-0.39, 0.29) is 28.6 Å². The van der Waals surface area contributed by atoms with Crippen LogP contribution in [0.2, 0.25) is 0 Å². The van der Waals surface area contributed by atoms with Gasteiger partial charge in [-0.25, -0.2) is 9.07 Å². The Labute approximate surface area is 147 Å². The number of rotatable bonds is 2. The molecule has 3 heterocycles. The van der Waals surface area contributed by atoms with Crippen LogP contribution in [0.25, 0.3) is 10.9 Å². The van der Waals surface area contributed by atoms with Crippen LogP contribution in [-0.2, 0) is 20.1 Å².